The van der Waals surface area contributed by atoms with Gasteiger partial charge in [-0.3, -0.25) is 9.59 Å². The summed E-state index contributed by atoms with van der Waals surface area (Å²) in [4.78, 5) is 23.5. The van der Waals surface area contributed by atoms with Gasteiger partial charge in [-0.25, -0.2) is 0 Å². The van der Waals surface area contributed by atoms with Crippen molar-refractivity contribution in [3.8, 4) is 0 Å². The molecule has 3 N–H and O–H groups in total. The van der Waals surface area contributed by atoms with Crippen LogP contribution in [0.1, 0.15) is 18.4 Å². The van der Waals surface area contributed by atoms with E-state index in [9.17, 15) is 9.59 Å². The Morgan fingerprint density at radius 2 is 2.10 bits per heavy atom. The van der Waals surface area contributed by atoms with Gasteiger partial charge in [-0.15, -0.1) is 0 Å². The van der Waals surface area contributed by atoms with Crippen molar-refractivity contribution in [2.75, 3.05) is 25.5 Å². The molecule has 1 saturated heterocycles. The maximum absolute atomic E-state index is 12.0. The van der Waals surface area contributed by atoms with Crippen LogP contribution in [0, 0.1) is 5.92 Å². The highest BCUT2D eigenvalue weighted by molar-refractivity contribution is 5.92. The van der Waals surface area contributed by atoms with Crippen molar-refractivity contribution >= 4 is 17.5 Å². The van der Waals surface area contributed by atoms with Crippen molar-refractivity contribution in [1.29, 1.82) is 0 Å². The van der Waals surface area contributed by atoms with Gasteiger partial charge >= 0.3 is 0 Å². The van der Waals surface area contributed by atoms with Crippen LogP contribution in [-0.2, 0) is 16.0 Å². The molecule has 1 aliphatic rings. The molecule has 1 aromatic rings. The fourth-order valence-corrected chi connectivity index (χ4v) is 2.41. The summed E-state index contributed by atoms with van der Waals surface area (Å²) in [5, 5.41) is 8.77. The van der Waals surface area contributed by atoms with E-state index in [0.29, 0.717) is 12.3 Å². The molecule has 0 saturated carbocycles. The molecule has 5 nitrogen and oxygen atoms in total. The number of carbonyl (C=O) groups is 2. The summed E-state index contributed by atoms with van der Waals surface area (Å²) in [5.74, 6) is 0.371. The number of para-hydroxylation sites is 1. The van der Waals surface area contributed by atoms with Crippen molar-refractivity contribution in [3.63, 3.8) is 0 Å². The van der Waals surface area contributed by atoms with E-state index >= 15 is 0 Å². The summed E-state index contributed by atoms with van der Waals surface area (Å²) in [7, 11) is 1.61. The maximum atomic E-state index is 12.0. The third-order valence-corrected chi connectivity index (χ3v) is 3.56. The zero-order chi connectivity index (χ0) is 14.4. The molecule has 108 valence electrons. The highest BCUT2D eigenvalue weighted by Gasteiger charge is 2.18. The van der Waals surface area contributed by atoms with Crippen LogP contribution in [0.3, 0.4) is 0 Å². The molecular weight excluding hydrogens is 254 g/mol. The van der Waals surface area contributed by atoms with Gasteiger partial charge in [-0.2, -0.15) is 0 Å². The van der Waals surface area contributed by atoms with Crippen LogP contribution >= 0.6 is 0 Å². The van der Waals surface area contributed by atoms with Crippen molar-refractivity contribution in [2.24, 2.45) is 5.92 Å². The second-order valence-corrected chi connectivity index (χ2v) is 5.12. The van der Waals surface area contributed by atoms with E-state index in [1.165, 1.54) is 0 Å². The summed E-state index contributed by atoms with van der Waals surface area (Å²) >= 11 is 0. The second kappa shape index (κ2) is 7.05. The van der Waals surface area contributed by atoms with Gasteiger partial charge in [-0.1, -0.05) is 18.2 Å². The van der Waals surface area contributed by atoms with Crippen molar-refractivity contribution in [1.82, 2.24) is 10.6 Å². The summed E-state index contributed by atoms with van der Waals surface area (Å²) in [6.45, 7) is 1.90. The molecule has 0 spiro atoms. The lowest BCUT2D eigenvalue weighted by atomic mass is 10.0. The third kappa shape index (κ3) is 4.06. The largest absolute Gasteiger partial charge is 0.359 e. The summed E-state index contributed by atoms with van der Waals surface area (Å²) < 4.78 is 0. The van der Waals surface area contributed by atoms with Crippen LogP contribution in [0.2, 0.25) is 0 Å². The van der Waals surface area contributed by atoms with Gasteiger partial charge in [0.15, 0.2) is 0 Å². The number of nitrogens with one attached hydrogen (secondary N) is 3. The molecule has 1 heterocycles. The number of carbonyl (C=O) groups excluding carboxylic acids is 2. The maximum Gasteiger partial charge on any atom is 0.224 e. The Bertz CT molecular complexity index is 482. The molecule has 5 heteroatoms. The molecular formula is C15H21N3O2. The van der Waals surface area contributed by atoms with E-state index in [2.05, 4.69) is 16.0 Å². The van der Waals surface area contributed by atoms with E-state index in [4.69, 9.17) is 0 Å². The van der Waals surface area contributed by atoms with Gasteiger partial charge in [0.2, 0.25) is 11.8 Å². The summed E-state index contributed by atoms with van der Waals surface area (Å²) in [6.07, 6.45) is 1.85. The van der Waals surface area contributed by atoms with Crippen LogP contribution in [0.25, 0.3) is 0 Å². The Kier molecular flexibility index (Phi) is 5.12. The fourth-order valence-electron chi connectivity index (χ4n) is 2.41. The first-order valence-electron chi connectivity index (χ1n) is 6.98. The fraction of sp³-hybridized carbons (Fsp3) is 0.467. The molecule has 1 atom stereocenters. The van der Waals surface area contributed by atoms with Gasteiger partial charge in [-0.05, 0) is 37.1 Å². The standard InChI is InChI=1S/C15H21N3O2/c1-16-14(19)9-12-4-2-3-5-13(12)18-15(20)8-11-6-7-17-10-11/h2-5,11,17H,6-10H2,1H3,(H,16,19)(H,18,20). The first-order valence-corrected chi connectivity index (χ1v) is 6.98. The molecule has 0 aliphatic carbocycles. The first-order chi connectivity index (χ1) is 9.69. The number of benzene rings is 1. The average molecular weight is 275 g/mol. The quantitative estimate of drug-likeness (QED) is 0.748. The van der Waals surface area contributed by atoms with Crippen molar-refractivity contribution in [2.45, 2.75) is 19.3 Å². The first kappa shape index (κ1) is 14.5. The van der Waals surface area contributed by atoms with Gasteiger partial charge < -0.3 is 16.0 Å². The van der Waals surface area contributed by atoms with Crippen LogP contribution in [0.15, 0.2) is 24.3 Å². The topological polar surface area (TPSA) is 70.2 Å². The Labute approximate surface area is 119 Å². The number of likely N-dealkylation sites (N-methyl/N-ethyl adjacent to an activating group) is 1. The number of hydrogen-bond donors (Lipinski definition) is 3. The molecule has 1 aliphatic heterocycles. The summed E-state index contributed by atoms with van der Waals surface area (Å²) in [6, 6.07) is 7.43. The van der Waals surface area contributed by atoms with Crippen LogP contribution in [0.4, 0.5) is 5.69 Å². The lowest BCUT2D eigenvalue weighted by Crippen LogP contribution is -2.22. The smallest absolute Gasteiger partial charge is 0.224 e. The summed E-state index contributed by atoms with van der Waals surface area (Å²) in [5.41, 5.74) is 1.57. The SMILES string of the molecule is CNC(=O)Cc1ccccc1NC(=O)CC1CCNC1. The molecule has 1 fully saturated rings. The van der Waals surface area contributed by atoms with Gasteiger partial charge in [0.05, 0.1) is 6.42 Å². The van der Waals surface area contributed by atoms with E-state index < -0.39 is 0 Å². The lowest BCUT2D eigenvalue weighted by Gasteiger charge is -2.12. The Hall–Kier alpha value is -1.88. The minimum absolute atomic E-state index is 0.0167. The Morgan fingerprint density at radius 1 is 1.30 bits per heavy atom. The van der Waals surface area contributed by atoms with Gasteiger partial charge in [0, 0.05) is 19.2 Å². The predicted octanol–water partition coefficient (Wildman–Crippen LogP) is 0.913. The van der Waals surface area contributed by atoms with Crippen molar-refractivity contribution in [3.05, 3.63) is 29.8 Å². The number of rotatable bonds is 5. The van der Waals surface area contributed by atoms with Crippen LogP contribution in [-0.4, -0.2) is 32.0 Å². The number of anilines is 1. The number of hydrogen-bond acceptors (Lipinski definition) is 3. The normalized spacial score (nSPS) is 17.8. The van der Waals surface area contributed by atoms with E-state index in [1.54, 1.807) is 7.05 Å². The van der Waals surface area contributed by atoms with Crippen molar-refractivity contribution < 1.29 is 9.59 Å². The van der Waals surface area contributed by atoms with Crippen LogP contribution < -0.4 is 16.0 Å². The minimum Gasteiger partial charge on any atom is -0.359 e. The lowest BCUT2D eigenvalue weighted by molar-refractivity contribution is -0.120. The minimum atomic E-state index is -0.0632. The monoisotopic (exact) mass is 275 g/mol. The third-order valence-electron chi connectivity index (χ3n) is 3.56. The molecule has 0 bridgehead atoms. The highest BCUT2D eigenvalue weighted by Crippen LogP contribution is 2.18. The average Bonchev–Trinajstić information content (AvgIpc) is 2.93. The van der Waals surface area contributed by atoms with Gasteiger partial charge in [0.25, 0.3) is 0 Å². The highest BCUT2D eigenvalue weighted by atomic mass is 16.2. The van der Waals surface area contributed by atoms with E-state index in [-0.39, 0.29) is 18.2 Å². The second-order valence-electron chi connectivity index (χ2n) is 5.12. The zero-order valence-corrected chi connectivity index (χ0v) is 11.7. The molecule has 0 radical (unpaired) electrons. The van der Waals surface area contributed by atoms with Crippen LogP contribution in [0.5, 0.6) is 0 Å². The zero-order valence-electron chi connectivity index (χ0n) is 11.7. The Morgan fingerprint density at radius 3 is 2.80 bits per heavy atom. The van der Waals surface area contributed by atoms with E-state index in [0.717, 1.165) is 30.8 Å². The van der Waals surface area contributed by atoms with E-state index in [1.807, 2.05) is 24.3 Å². The molecule has 0 aromatic heterocycles. The molecule has 2 amide bonds. The number of amides is 2. The molecule has 20 heavy (non-hydrogen) atoms. The van der Waals surface area contributed by atoms with Gasteiger partial charge in [0.1, 0.15) is 0 Å². The molecule has 2 rings (SSSR count). The molecule has 1 unspecified atom stereocenters. The predicted molar refractivity (Wildman–Crippen MR) is 78.4 cm³/mol. The Balaban J connectivity index is 1.97. The molecule has 1 aromatic carbocycles.